The third-order valence-electron chi connectivity index (χ3n) is 2.92. The Morgan fingerprint density at radius 2 is 2.06 bits per heavy atom. The zero-order valence-corrected chi connectivity index (χ0v) is 13.0. The van der Waals surface area contributed by atoms with Crippen LogP contribution in [0.1, 0.15) is 40.5 Å². The van der Waals surface area contributed by atoms with Crippen LogP contribution in [0.15, 0.2) is 0 Å². The first-order chi connectivity index (χ1) is 7.71. The number of thioether (sulfide) groups is 1. The van der Waals surface area contributed by atoms with Crippen molar-refractivity contribution in [1.29, 1.82) is 0 Å². The molecule has 0 saturated carbocycles. The molecule has 1 aliphatic rings. The molecule has 0 radical (unpaired) electrons. The van der Waals surface area contributed by atoms with Crippen LogP contribution in [0.3, 0.4) is 0 Å². The maximum Gasteiger partial charge on any atom is 0.154 e. The first-order valence-corrected chi connectivity index (χ1v) is 9.00. The van der Waals surface area contributed by atoms with Gasteiger partial charge in [-0.3, -0.25) is 0 Å². The average molecular weight is 279 g/mol. The minimum atomic E-state index is -2.80. The Morgan fingerprint density at radius 1 is 1.41 bits per heavy atom. The predicted molar refractivity (Wildman–Crippen MR) is 76.5 cm³/mol. The van der Waals surface area contributed by atoms with E-state index < -0.39 is 9.84 Å². The van der Waals surface area contributed by atoms with E-state index in [9.17, 15) is 8.42 Å². The van der Waals surface area contributed by atoms with Crippen LogP contribution in [0.2, 0.25) is 0 Å². The first-order valence-electron chi connectivity index (χ1n) is 6.29. The summed E-state index contributed by atoms with van der Waals surface area (Å²) in [4.78, 5) is 0. The Kier molecular flexibility index (Phi) is 5.35. The molecule has 102 valence electrons. The van der Waals surface area contributed by atoms with Gasteiger partial charge in [-0.25, -0.2) is 8.42 Å². The molecule has 1 heterocycles. The largest absolute Gasteiger partial charge is 0.312 e. The molecule has 0 amide bonds. The van der Waals surface area contributed by atoms with Crippen molar-refractivity contribution in [1.82, 2.24) is 5.32 Å². The Hall–Kier alpha value is 0.260. The second-order valence-corrected chi connectivity index (χ2v) is 10.1. The van der Waals surface area contributed by atoms with Gasteiger partial charge in [0, 0.05) is 23.1 Å². The quantitative estimate of drug-likeness (QED) is 0.837. The van der Waals surface area contributed by atoms with Gasteiger partial charge in [0.25, 0.3) is 0 Å². The molecule has 0 aromatic heterocycles. The van der Waals surface area contributed by atoms with E-state index in [4.69, 9.17) is 0 Å². The molecule has 0 bridgehead atoms. The summed E-state index contributed by atoms with van der Waals surface area (Å²) >= 11 is 1.91. The highest BCUT2D eigenvalue weighted by atomic mass is 32.2. The van der Waals surface area contributed by atoms with Gasteiger partial charge in [0.1, 0.15) is 0 Å². The lowest BCUT2D eigenvalue weighted by Crippen LogP contribution is -2.37. The summed E-state index contributed by atoms with van der Waals surface area (Å²) in [7, 11) is -2.80. The van der Waals surface area contributed by atoms with E-state index in [1.165, 1.54) is 0 Å². The Labute approximate surface area is 110 Å². The summed E-state index contributed by atoms with van der Waals surface area (Å²) in [6, 6.07) is 0.370. The van der Waals surface area contributed by atoms with Crippen molar-refractivity contribution >= 4 is 21.6 Å². The number of rotatable bonds is 5. The zero-order valence-electron chi connectivity index (χ0n) is 11.3. The monoisotopic (exact) mass is 279 g/mol. The van der Waals surface area contributed by atoms with Gasteiger partial charge >= 0.3 is 0 Å². The number of nitrogens with one attached hydrogen (secondary N) is 1. The second kappa shape index (κ2) is 5.93. The van der Waals surface area contributed by atoms with Crippen molar-refractivity contribution in [3.05, 3.63) is 0 Å². The van der Waals surface area contributed by atoms with Crippen LogP contribution in [0.25, 0.3) is 0 Å². The van der Waals surface area contributed by atoms with Crippen molar-refractivity contribution in [3.8, 4) is 0 Å². The highest BCUT2D eigenvalue weighted by Gasteiger charge is 2.31. The van der Waals surface area contributed by atoms with Crippen molar-refractivity contribution in [2.24, 2.45) is 0 Å². The number of hydrogen-bond donors (Lipinski definition) is 1. The molecule has 3 nitrogen and oxygen atoms in total. The lowest BCUT2D eigenvalue weighted by atomic mass is 10.2. The molecular formula is C12H25NO2S2. The minimum absolute atomic E-state index is 0.149. The van der Waals surface area contributed by atoms with Crippen LogP contribution in [0, 0.1) is 0 Å². The third-order valence-corrected chi connectivity index (χ3v) is 6.73. The molecule has 2 atom stereocenters. The lowest BCUT2D eigenvalue weighted by molar-refractivity contribution is 0.548. The van der Waals surface area contributed by atoms with Gasteiger partial charge in [-0.1, -0.05) is 20.8 Å². The van der Waals surface area contributed by atoms with Gasteiger partial charge in [0.15, 0.2) is 9.84 Å². The molecule has 5 heteroatoms. The molecule has 1 rings (SSSR count). The molecule has 0 aliphatic carbocycles. The summed E-state index contributed by atoms with van der Waals surface area (Å²) in [5.41, 5.74) is 0. The lowest BCUT2D eigenvalue weighted by Gasteiger charge is -2.22. The molecule has 1 fully saturated rings. The van der Waals surface area contributed by atoms with Crippen LogP contribution >= 0.6 is 11.8 Å². The van der Waals surface area contributed by atoms with Crippen LogP contribution in [0.5, 0.6) is 0 Å². The molecule has 0 spiro atoms. The summed E-state index contributed by atoms with van der Waals surface area (Å²) in [5.74, 6) is 1.40. The van der Waals surface area contributed by atoms with E-state index in [0.717, 1.165) is 18.6 Å². The zero-order chi connectivity index (χ0) is 13.1. The van der Waals surface area contributed by atoms with E-state index in [1.807, 2.05) is 11.8 Å². The Bertz CT molecular complexity index is 333. The molecule has 1 aliphatic heterocycles. The van der Waals surface area contributed by atoms with E-state index in [0.29, 0.717) is 18.3 Å². The van der Waals surface area contributed by atoms with Gasteiger partial charge in [-0.05, 0) is 19.8 Å². The second-order valence-electron chi connectivity index (χ2n) is 5.86. The first kappa shape index (κ1) is 15.3. The summed E-state index contributed by atoms with van der Waals surface area (Å²) in [5, 5.41) is 3.20. The van der Waals surface area contributed by atoms with E-state index in [-0.39, 0.29) is 10.00 Å². The molecule has 1 N–H and O–H groups in total. The minimum Gasteiger partial charge on any atom is -0.312 e. The van der Waals surface area contributed by atoms with Crippen molar-refractivity contribution in [3.63, 3.8) is 0 Å². The summed E-state index contributed by atoms with van der Waals surface area (Å²) < 4.78 is 23.6. The topological polar surface area (TPSA) is 46.2 Å². The fourth-order valence-electron chi connectivity index (χ4n) is 1.85. The molecule has 0 aromatic rings. The standard InChI is InChI=1S/C12H25NO2S2/c1-10(9-16-12(2,3)4)13-8-11-6-5-7-17(11,14)15/h10-11,13H,5-9H2,1-4H3/t10-,11-/m0/s1. The smallest absolute Gasteiger partial charge is 0.154 e. The van der Waals surface area contributed by atoms with Crippen molar-refractivity contribution < 1.29 is 8.42 Å². The van der Waals surface area contributed by atoms with Crippen LogP contribution in [0.4, 0.5) is 0 Å². The number of sulfone groups is 1. The SMILES string of the molecule is C[C@@H](CSC(C)(C)C)NC[C@@H]1CCCS1(=O)=O. The highest BCUT2D eigenvalue weighted by Crippen LogP contribution is 2.24. The predicted octanol–water partition coefficient (Wildman–Crippen LogP) is 2.07. The van der Waals surface area contributed by atoms with E-state index in [2.05, 4.69) is 33.0 Å². The number of hydrogen-bond acceptors (Lipinski definition) is 4. The highest BCUT2D eigenvalue weighted by molar-refractivity contribution is 8.00. The third kappa shape index (κ3) is 5.62. The van der Waals surface area contributed by atoms with Gasteiger partial charge in [-0.15, -0.1) is 0 Å². The molecule has 0 aromatic carbocycles. The van der Waals surface area contributed by atoms with Crippen LogP contribution in [-0.4, -0.2) is 42.5 Å². The van der Waals surface area contributed by atoms with Crippen molar-refractivity contribution in [2.75, 3.05) is 18.1 Å². The fraction of sp³-hybridized carbons (Fsp3) is 1.00. The average Bonchev–Trinajstić information content (AvgIpc) is 2.50. The summed E-state index contributed by atoms with van der Waals surface area (Å²) in [6.45, 7) is 9.35. The van der Waals surface area contributed by atoms with Crippen LogP contribution in [-0.2, 0) is 9.84 Å². The van der Waals surface area contributed by atoms with Crippen molar-refractivity contribution in [2.45, 2.75) is 56.6 Å². The Morgan fingerprint density at radius 3 is 2.53 bits per heavy atom. The molecule has 1 saturated heterocycles. The summed E-state index contributed by atoms with van der Waals surface area (Å²) in [6.07, 6.45) is 1.66. The maximum atomic E-state index is 11.6. The Balaban J connectivity index is 2.27. The van der Waals surface area contributed by atoms with E-state index in [1.54, 1.807) is 0 Å². The van der Waals surface area contributed by atoms with Gasteiger partial charge in [-0.2, -0.15) is 11.8 Å². The molecule has 0 unspecified atom stereocenters. The maximum absolute atomic E-state index is 11.6. The van der Waals surface area contributed by atoms with Crippen LogP contribution < -0.4 is 5.32 Å². The van der Waals surface area contributed by atoms with E-state index >= 15 is 0 Å². The molecule has 17 heavy (non-hydrogen) atoms. The van der Waals surface area contributed by atoms with Gasteiger partial charge < -0.3 is 5.32 Å². The van der Waals surface area contributed by atoms with Gasteiger partial charge in [0.05, 0.1) is 11.0 Å². The van der Waals surface area contributed by atoms with Gasteiger partial charge in [0.2, 0.25) is 0 Å². The normalized spacial score (nSPS) is 26.0. The fourth-order valence-corrected chi connectivity index (χ4v) is 4.50. The molecular weight excluding hydrogens is 254 g/mol.